The average Bonchev–Trinajstić information content (AvgIpc) is 2.73. The van der Waals surface area contributed by atoms with Crippen LogP contribution in [0.2, 0.25) is 0 Å². The second kappa shape index (κ2) is 3.68. The Morgan fingerprint density at radius 3 is 3.00 bits per heavy atom. The first-order chi connectivity index (χ1) is 7.90. The van der Waals surface area contributed by atoms with E-state index in [-0.39, 0.29) is 6.61 Å². The first kappa shape index (κ1) is 9.47. The van der Waals surface area contributed by atoms with Gasteiger partial charge in [0, 0.05) is 18.4 Å². The van der Waals surface area contributed by atoms with Crippen LogP contribution in [0.15, 0.2) is 16.7 Å². The third-order valence-corrected chi connectivity index (χ3v) is 2.57. The predicted octanol–water partition coefficient (Wildman–Crippen LogP) is 1.13. The minimum Gasteiger partial charge on any atom is -0.486 e. The lowest BCUT2D eigenvalue weighted by molar-refractivity contribution is 0.171. The number of ether oxygens (including phenoxy) is 2. The highest BCUT2D eigenvalue weighted by atomic mass is 16.6. The molecular weight excluding hydrogens is 210 g/mol. The summed E-state index contributed by atoms with van der Waals surface area (Å²) in [4.78, 5) is 0. The van der Waals surface area contributed by atoms with Crippen molar-refractivity contribution in [2.45, 2.75) is 6.42 Å². The van der Waals surface area contributed by atoms with Gasteiger partial charge in [-0.1, -0.05) is 5.16 Å². The molecular formula is C11H11NO4. The van der Waals surface area contributed by atoms with Crippen molar-refractivity contribution < 1.29 is 19.1 Å². The van der Waals surface area contributed by atoms with Gasteiger partial charge in [0.15, 0.2) is 5.75 Å². The van der Waals surface area contributed by atoms with E-state index < -0.39 is 0 Å². The maximum atomic E-state index is 8.90. The molecule has 84 valence electrons. The molecule has 0 atom stereocenters. The number of rotatable bonds is 2. The standard InChI is InChI=1S/C11H11NO4/c13-4-3-8-7-1-2-9-11(10(7)16-12-8)15-6-5-14-9/h1-2,13H,3-6H2. The molecule has 5 heteroatoms. The lowest BCUT2D eigenvalue weighted by atomic mass is 10.1. The Bertz CT molecular complexity index is 520. The van der Waals surface area contributed by atoms with Gasteiger partial charge < -0.3 is 19.1 Å². The number of hydrogen-bond donors (Lipinski definition) is 1. The van der Waals surface area contributed by atoms with Gasteiger partial charge in [0.05, 0.1) is 5.69 Å². The molecule has 3 rings (SSSR count). The largest absolute Gasteiger partial charge is 0.486 e. The van der Waals surface area contributed by atoms with Crippen LogP contribution in [0.1, 0.15) is 5.69 Å². The molecule has 0 radical (unpaired) electrons. The van der Waals surface area contributed by atoms with Crippen molar-refractivity contribution in [2.24, 2.45) is 0 Å². The fraction of sp³-hybridized carbons (Fsp3) is 0.364. The summed E-state index contributed by atoms with van der Waals surface area (Å²) in [6, 6.07) is 3.72. The van der Waals surface area contributed by atoms with Crippen molar-refractivity contribution in [1.82, 2.24) is 5.16 Å². The van der Waals surface area contributed by atoms with E-state index in [1.807, 2.05) is 12.1 Å². The van der Waals surface area contributed by atoms with Crippen molar-refractivity contribution in [2.75, 3.05) is 19.8 Å². The smallest absolute Gasteiger partial charge is 0.212 e. The molecule has 0 amide bonds. The van der Waals surface area contributed by atoms with Crippen LogP contribution in [0.4, 0.5) is 0 Å². The maximum Gasteiger partial charge on any atom is 0.212 e. The zero-order valence-electron chi connectivity index (χ0n) is 8.60. The number of fused-ring (bicyclic) bond motifs is 3. The molecule has 0 bridgehead atoms. The highest BCUT2D eigenvalue weighted by Gasteiger charge is 2.20. The number of benzene rings is 1. The summed E-state index contributed by atoms with van der Waals surface area (Å²) in [7, 11) is 0. The van der Waals surface area contributed by atoms with Crippen LogP contribution in [0.3, 0.4) is 0 Å². The van der Waals surface area contributed by atoms with Gasteiger partial charge in [0.2, 0.25) is 11.3 Å². The summed E-state index contributed by atoms with van der Waals surface area (Å²) >= 11 is 0. The van der Waals surface area contributed by atoms with Crippen LogP contribution in [0.5, 0.6) is 11.5 Å². The number of aromatic nitrogens is 1. The van der Waals surface area contributed by atoms with Gasteiger partial charge in [-0.2, -0.15) is 0 Å². The van der Waals surface area contributed by atoms with Crippen LogP contribution in [0.25, 0.3) is 11.0 Å². The average molecular weight is 221 g/mol. The van der Waals surface area contributed by atoms with Crippen molar-refractivity contribution in [1.29, 1.82) is 0 Å². The van der Waals surface area contributed by atoms with Gasteiger partial charge in [0.25, 0.3) is 0 Å². The van der Waals surface area contributed by atoms with Crippen LogP contribution in [0, 0.1) is 0 Å². The molecule has 0 fully saturated rings. The highest BCUT2D eigenvalue weighted by Crippen LogP contribution is 2.38. The summed E-state index contributed by atoms with van der Waals surface area (Å²) in [5, 5.41) is 13.7. The molecule has 2 heterocycles. The van der Waals surface area contributed by atoms with E-state index >= 15 is 0 Å². The Kier molecular flexibility index (Phi) is 2.18. The zero-order valence-corrected chi connectivity index (χ0v) is 8.60. The Hall–Kier alpha value is -1.75. The van der Waals surface area contributed by atoms with Crippen molar-refractivity contribution in [3.63, 3.8) is 0 Å². The van der Waals surface area contributed by atoms with Crippen LogP contribution >= 0.6 is 0 Å². The fourth-order valence-electron chi connectivity index (χ4n) is 1.84. The van der Waals surface area contributed by atoms with Crippen molar-refractivity contribution in [3.8, 4) is 11.5 Å². The summed E-state index contributed by atoms with van der Waals surface area (Å²) < 4.78 is 16.2. The molecule has 0 saturated carbocycles. The third-order valence-electron chi connectivity index (χ3n) is 2.57. The minimum atomic E-state index is 0.0517. The Labute approximate surface area is 91.6 Å². The lowest BCUT2D eigenvalue weighted by Crippen LogP contribution is -2.15. The molecule has 5 nitrogen and oxygen atoms in total. The third kappa shape index (κ3) is 1.32. The molecule has 0 saturated heterocycles. The van der Waals surface area contributed by atoms with Crippen LogP contribution < -0.4 is 9.47 Å². The van der Waals surface area contributed by atoms with Gasteiger partial charge in [-0.15, -0.1) is 0 Å². The molecule has 16 heavy (non-hydrogen) atoms. The summed E-state index contributed by atoms with van der Waals surface area (Å²) in [6.07, 6.45) is 0.479. The molecule has 1 aromatic carbocycles. The second-order valence-electron chi connectivity index (χ2n) is 3.57. The Morgan fingerprint density at radius 1 is 1.25 bits per heavy atom. The van der Waals surface area contributed by atoms with Crippen molar-refractivity contribution >= 4 is 11.0 Å². The Morgan fingerprint density at radius 2 is 2.12 bits per heavy atom. The van der Waals surface area contributed by atoms with E-state index in [0.717, 1.165) is 11.1 Å². The molecule has 1 aliphatic heterocycles. The summed E-state index contributed by atoms with van der Waals surface area (Å²) in [5.74, 6) is 1.30. The lowest BCUT2D eigenvalue weighted by Gasteiger charge is -2.17. The number of aliphatic hydroxyl groups is 1. The Balaban J connectivity index is 2.17. The van der Waals surface area contributed by atoms with E-state index in [1.54, 1.807) is 0 Å². The highest BCUT2D eigenvalue weighted by molar-refractivity contribution is 5.87. The number of nitrogens with zero attached hydrogens (tertiary/aromatic N) is 1. The molecule has 1 aliphatic rings. The number of aliphatic hydroxyl groups excluding tert-OH is 1. The number of hydrogen-bond acceptors (Lipinski definition) is 5. The monoisotopic (exact) mass is 221 g/mol. The van der Waals surface area contributed by atoms with Crippen molar-refractivity contribution in [3.05, 3.63) is 17.8 Å². The van der Waals surface area contributed by atoms with Gasteiger partial charge in [0.1, 0.15) is 13.2 Å². The molecule has 1 aromatic heterocycles. The fourth-order valence-corrected chi connectivity index (χ4v) is 1.84. The first-order valence-corrected chi connectivity index (χ1v) is 5.18. The molecule has 2 aromatic rings. The quantitative estimate of drug-likeness (QED) is 0.823. The van der Waals surface area contributed by atoms with E-state index in [9.17, 15) is 0 Å². The van der Waals surface area contributed by atoms with Crippen LogP contribution in [-0.4, -0.2) is 30.1 Å². The van der Waals surface area contributed by atoms with Gasteiger partial charge in [-0.3, -0.25) is 0 Å². The summed E-state index contributed by atoms with van der Waals surface area (Å²) in [6.45, 7) is 1.12. The molecule has 0 unspecified atom stereocenters. The van der Waals surface area contributed by atoms with E-state index in [4.69, 9.17) is 19.1 Å². The maximum absolute atomic E-state index is 8.90. The van der Waals surface area contributed by atoms with E-state index in [0.29, 0.717) is 36.7 Å². The summed E-state index contributed by atoms with van der Waals surface area (Å²) in [5.41, 5.74) is 1.34. The van der Waals surface area contributed by atoms with E-state index in [1.165, 1.54) is 0 Å². The molecule has 0 spiro atoms. The van der Waals surface area contributed by atoms with E-state index in [2.05, 4.69) is 5.16 Å². The second-order valence-corrected chi connectivity index (χ2v) is 3.57. The van der Waals surface area contributed by atoms with Crippen LogP contribution in [-0.2, 0) is 6.42 Å². The van der Waals surface area contributed by atoms with Gasteiger partial charge in [-0.25, -0.2) is 0 Å². The SMILES string of the molecule is OCCc1noc2c3c(ccc12)OCCO3. The van der Waals surface area contributed by atoms with Gasteiger partial charge >= 0.3 is 0 Å². The van der Waals surface area contributed by atoms with Gasteiger partial charge in [-0.05, 0) is 12.1 Å². The topological polar surface area (TPSA) is 64.7 Å². The minimum absolute atomic E-state index is 0.0517. The molecule has 1 N–H and O–H groups in total. The first-order valence-electron chi connectivity index (χ1n) is 5.18. The molecule has 0 aliphatic carbocycles. The normalized spacial score (nSPS) is 14.3. The predicted molar refractivity (Wildman–Crippen MR) is 55.8 cm³/mol. The zero-order chi connectivity index (χ0) is 11.0.